The van der Waals surface area contributed by atoms with Crippen molar-refractivity contribution in [3.8, 4) is 0 Å². The minimum atomic E-state index is -0.0792. The normalized spacial score (nSPS) is 22.3. The molecule has 4 nitrogen and oxygen atoms in total. The van der Waals surface area contributed by atoms with Crippen molar-refractivity contribution in [2.75, 3.05) is 0 Å². The van der Waals surface area contributed by atoms with Gasteiger partial charge in [0.25, 0.3) is 5.91 Å². The van der Waals surface area contributed by atoms with Crippen LogP contribution in [0.4, 0.5) is 0 Å². The standard InChI is InChI=1S/C15H19N3O/c19-15-13-9-5-4-6-11(13)10-14(17-18-15)16-12-7-2-1-3-8-12/h4-6,9,12H,1-3,7-8,10H2,(H,16,17)(H,18,19). The average molecular weight is 257 g/mol. The Morgan fingerprint density at radius 3 is 2.68 bits per heavy atom. The number of aliphatic imine (C=N–C) groups is 1. The van der Waals surface area contributed by atoms with E-state index in [1.165, 1.54) is 32.1 Å². The highest BCUT2D eigenvalue weighted by Gasteiger charge is 2.19. The molecule has 0 aromatic heterocycles. The van der Waals surface area contributed by atoms with Crippen LogP contribution in [0.5, 0.6) is 0 Å². The van der Waals surface area contributed by atoms with Crippen molar-refractivity contribution >= 4 is 11.7 Å². The Balaban J connectivity index is 1.82. The van der Waals surface area contributed by atoms with Crippen LogP contribution in [-0.2, 0) is 6.42 Å². The number of fused-ring (bicyclic) bond motifs is 1. The lowest BCUT2D eigenvalue weighted by atomic mass is 9.96. The summed E-state index contributed by atoms with van der Waals surface area (Å²) in [7, 11) is 0. The van der Waals surface area contributed by atoms with Crippen LogP contribution in [0.15, 0.2) is 29.3 Å². The first kappa shape index (κ1) is 12.2. The predicted octanol–water partition coefficient (Wildman–Crippen LogP) is 2.21. The fourth-order valence-electron chi connectivity index (χ4n) is 2.83. The number of amidine groups is 1. The maximum Gasteiger partial charge on any atom is 0.269 e. The molecule has 19 heavy (non-hydrogen) atoms. The quantitative estimate of drug-likeness (QED) is 0.810. The van der Waals surface area contributed by atoms with Crippen LogP contribution in [0.25, 0.3) is 0 Å². The summed E-state index contributed by atoms with van der Waals surface area (Å²) < 4.78 is 0. The molecule has 0 saturated heterocycles. The van der Waals surface area contributed by atoms with Gasteiger partial charge in [-0.15, -0.1) is 0 Å². The van der Waals surface area contributed by atoms with E-state index in [2.05, 4.69) is 10.9 Å². The fraction of sp³-hybridized carbons (Fsp3) is 0.467. The van der Waals surface area contributed by atoms with Crippen LogP contribution >= 0.6 is 0 Å². The Labute approximate surface area is 113 Å². The van der Waals surface area contributed by atoms with Gasteiger partial charge in [-0.3, -0.25) is 20.6 Å². The Kier molecular flexibility index (Phi) is 3.49. The van der Waals surface area contributed by atoms with Crippen molar-refractivity contribution in [1.82, 2.24) is 10.9 Å². The monoisotopic (exact) mass is 257 g/mol. The number of nitrogens with one attached hydrogen (secondary N) is 2. The maximum absolute atomic E-state index is 11.9. The third kappa shape index (κ3) is 2.78. The van der Waals surface area contributed by atoms with Gasteiger partial charge >= 0.3 is 0 Å². The van der Waals surface area contributed by atoms with Crippen molar-refractivity contribution in [2.24, 2.45) is 4.99 Å². The van der Waals surface area contributed by atoms with Crippen LogP contribution in [0, 0.1) is 0 Å². The second-order valence-corrected chi connectivity index (χ2v) is 5.28. The van der Waals surface area contributed by atoms with Crippen molar-refractivity contribution in [2.45, 2.75) is 44.6 Å². The van der Waals surface area contributed by atoms with Gasteiger partial charge in [0.05, 0.1) is 6.04 Å². The highest BCUT2D eigenvalue weighted by molar-refractivity contribution is 6.01. The lowest BCUT2D eigenvalue weighted by Gasteiger charge is -2.19. The highest BCUT2D eigenvalue weighted by Crippen LogP contribution is 2.21. The zero-order valence-electron chi connectivity index (χ0n) is 11.0. The summed E-state index contributed by atoms with van der Waals surface area (Å²) in [6.45, 7) is 0. The fourth-order valence-corrected chi connectivity index (χ4v) is 2.83. The van der Waals surface area contributed by atoms with Gasteiger partial charge in [-0.1, -0.05) is 37.5 Å². The number of benzene rings is 1. The van der Waals surface area contributed by atoms with Gasteiger partial charge < -0.3 is 0 Å². The number of carbonyl (C=O) groups excluding carboxylic acids is 1. The van der Waals surface area contributed by atoms with Crippen LogP contribution in [0.2, 0.25) is 0 Å². The Morgan fingerprint density at radius 2 is 1.84 bits per heavy atom. The van der Waals surface area contributed by atoms with Crippen molar-refractivity contribution < 1.29 is 4.79 Å². The number of hydrogen-bond donors (Lipinski definition) is 2. The van der Waals surface area contributed by atoms with Crippen LogP contribution < -0.4 is 10.9 Å². The first-order valence-corrected chi connectivity index (χ1v) is 7.04. The number of hydrogen-bond acceptors (Lipinski definition) is 2. The number of nitrogens with zero attached hydrogens (tertiary/aromatic N) is 1. The zero-order chi connectivity index (χ0) is 13.1. The van der Waals surface area contributed by atoms with Crippen LogP contribution in [0.3, 0.4) is 0 Å². The minimum Gasteiger partial charge on any atom is -0.285 e. The third-order valence-corrected chi connectivity index (χ3v) is 3.85. The molecule has 1 aromatic rings. The highest BCUT2D eigenvalue weighted by atomic mass is 16.2. The molecule has 1 aliphatic heterocycles. The van der Waals surface area contributed by atoms with Crippen molar-refractivity contribution in [3.05, 3.63) is 35.4 Å². The Hall–Kier alpha value is -1.84. The molecular weight excluding hydrogens is 238 g/mol. The molecule has 0 radical (unpaired) electrons. The molecule has 100 valence electrons. The van der Waals surface area contributed by atoms with E-state index in [0.717, 1.165) is 17.0 Å². The van der Waals surface area contributed by atoms with Gasteiger partial charge in [0.1, 0.15) is 5.84 Å². The summed E-state index contributed by atoms with van der Waals surface area (Å²) in [4.78, 5) is 16.7. The van der Waals surface area contributed by atoms with E-state index < -0.39 is 0 Å². The first-order chi connectivity index (χ1) is 9.33. The molecule has 4 heteroatoms. The van der Waals surface area contributed by atoms with Gasteiger partial charge in [-0.2, -0.15) is 0 Å². The molecule has 0 atom stereocenters. The number of rotatable bonds is 1. The summed E-state index contributed by atoms with van der Waals surface area (Å²) in [5.74, 6) is 0.801. The second-order valence-electron chi connectivity index (χ2n) is 5.28. The van der Waals surface area contributed by atoms with Gasteiger partial charge in [-0.25, -0.2) is 0 Å². The molecule has 1 fully saturated rings. The smallest absolute Gasteiger partial charge is 0.269 e. The Bertz CT molecular complexity index is 504. The lowest BCUT2D eigenvalue weighted by molar-refractivity contribution is 0.0945. The van der Waals surface area contributed by atoms with Crippen molar-refractivity contribution in [1.29, 1.82) is 0 Å². The number of hydrazine groups is 1. The summed E-state index contributed by atoms with van der Waals surface area (Å²) in [5, 5.41) is 0. The largest absolute Gasteiger partial charge is 0.285 e. The summed E-state index contributed by atoms with van der Waals surface area (Å²) in [6, 6.07) is 8.13. The molecule has 2 N–H and O–H groups in total. The van der Waals surface area contributed by atoms with Crippen LogP contribution in [0.1, 0.15) is 48.0 Å². The molecule has 1 heterocycles. The van der Waals surface area contributed by atoms with E-state index in [1.807, 2.05) is 24.3 Å². The van der Waals surface area contributed by atoms with Crippen molar-refractivity contribution in [3.63, 3.8) is 0 Å². The second kappa shape index (κ2) is 5.43. The molecule has 0 unspecified atom stereocenters. The van der Waals surface area contributed by atoms with E-state index in [1.54, 1.807) is 0 Å². The van der Waals surface area contributed by atoms with Gasteiger partial charge in [-0.05, 0) is 24.5 Å². The van der Waals surface area contributed by atoms with E-state index in [9.17, 15) is 4.79 Å². The van der Waals surface area contributed by atoms with Crippen LogP contribution in [-0.4, -0.2) is 17.8 Å². The zero-order valence-corrected chi connectivity index (χ0v) is 11.0. The Morgan fingerprint density at radius 1 is 1.05 bits per heavy atom. The van der Waals surface area contributed by atoms with Gasteiger partial charge in [0.2, 0.25) is 0 Å². The molecule has 0 bridgehead atoms. The molecule has 3 rings (SSSR count). The molecule has 2 aliphatic rings. The first-order valence-electron chi connectivity index (χ1n) is 7.04. The topological polar surface area (TPSA) is 53.5 Å². The SMILES string of the molecule is O=C1NNC(=NC2CCCCC2)Cc2ccccc21. The molecule has 0 spiro atoms. The molecule has 1 amide bonds. The average Bonchev–Trinajstić information content (AvgIpc) is 2.60. The van der Waals surface area contributed by atoms with Gasteiger partial charge in [0, 0.05) is 12.0 Å². The van der Waals surface area contributed by atoms with E-state index in [0.29, 0.717) is 12.5 Å². The minimum absolute atomic E-state index is 0.0792. The third-order valence-electron chi connectivity index (χ3n) is 3.85. The van der Waals surface area contributed by atoms with Gasteiger partial charge in [0.15, 0.2) is 0 Å². The van der Waals surface area contributed by atoms with E-state index in [4.69, 9.17) is 4.99 Å². The maximum atomic E-state index is 11.9. The summed E-state index contributed by atoms with van der Waals surface area (Å²) in [6.07, 6.45) is 6.90. The van der Waals surface area contributed by atoms with E-state index in [-0.39, 0.29) is 5.91 Å². The molecular formula is C15H19N3O. The molecule has 1 aliphatic carbocycles. The molecule has 1 saturated carbocycles. The predicted molar refractivity (Wildman–Crippen MR) is 75.1 cm³/mol. The summed E-state index contributed by atoms with van der Waals surface area (Å²) >= 11 is 0. The molecule has 1 aromatic carbocycles. The lowest BCUT2D eigenvalue weighted by Crippen LogP contribution is -2.40. The number of amides is 1. The number of carbonyl (C=O) groups is 1. The van der Waals surface area contributed by atoms with E-state index >= 15 is 0 Å². The summed E-state index contributed by atoms with van der Waals surface area (Å²) in [5.41, 5.74) is 7.48.